The van der Waals surface area contributed by atoms with E-state index in [0.717, 1.165) is 22.3 Å². The fourth-order valence-electron chi connectivity index (χ4n) is 7.03. The van der Waals surface area contributed by atoms with Gasteiger partial charge in [0.15, 0.2) is 0 Å². The first kappa shape index (κ1) is 39.9. The molecule has 304 valence electrons. The molecule has 0 saturated carbocycles. The smallest absolute Gasteiger partial charge is 0.127 e. The molecule has 0 aliphatic carbocycles. The van der Waals surface area contributed by atoms with Crippen LogP contribution in [0.2, 0.25) is 0 Å². The number of rotatable bonds is 14. The monoisotopic (exact) mass is 806 g/mol. The fraction of sp³-hybridized carbons (Fsp3) is 0.0769. The Balaban J connectivity index is 1.18. The molecule has 8 N–H and O–H groups in total. The van der Waals surface area contributed by atoms with Gasteiger partial charge in [-0.15, -0.1) is 0 Å². The van der Waals surface area contributed by atoms with E-state index in [-0.39, 0.29) is 0 Å². The molecule has 0 bridgehead atoms. The molecule has 0 aliphatic rings. The highest BCUT2D eigenvalue weighted by Gasteiger charge is 2.41. The minimum atomic E-state index is -1.04. The summed E-state index contributed by atoms with van der Waals surface area (Å²) in [6.07, 6.45) is 0. The summed E-state index contributed by atoms with van der Waals surface area (Å²) < 4.78 is 32.4. The maximum Gasteiger partial charge on any atom is 0.127 e. The van der Waals surface area contributed by atoms with Crippen LogP contribution >= 0.6 is 0 Å². The second kappa shape index (κ2) is 17.1. The van der Waals surface area contributed by atoms with Crippen molar-refractivity contribution in [3.8, 4) is 46.0 Å². The maximum atomic E-state index is 7.64. The minimum absolute atomic E-state index is 0.663. The molecular formula is C52H46N4O5. The zero-order valence-electron chi connectivity index (χ0n) is 33.8. The average Bonchev–Trinajstić information content (AvgIpc) is 3.28. The predicted octanol–water partition coefficient (Wildman–Crippen LogP) is 12.4. The molecule has 0 aromatic heterocycles. The van der Waals surface area contributed by atoms with Crippen molar-refractivity contribution >= 4 is 22.7 Å². The molecule has 0 saturated heterocycles. The van der Waals surface area contributed by atoms with Crippen LogP contribution in [0.5, 0.6) is 46.0 Å². The van der Waals surface area contributed by atoms with E-state index in [1.165, 1.54) is 0 Å². The normalized spacial score (nSPS) is 11.4. The van der Waals surface area contributed by atoms with E-state index < -0.39 is 11.2 Å². The summed E-state index contributed by atoms with van der Waals surface area (Å²) in [5, 5.41) is 0. The van der Waals surface area contributed by atoms with Crippen LogP contribution in [0.3, 0.4) is 0 Å². The van der Waals surface area contributed by atoms with Gasteiger partial charge in [0.05, 0.1) is 0 Å². The number of benzene rings is 8. The first-order valence-electron chi connectivity index (χ1n) is 19.8. The van der Waals surface area contributed by atoms with Crippen LogP contribution in [-0.4, -0.2) is 0 Å². The summed E-state index contributed by atoms with van der Waals surface area (Å²) in [5.74, 6) is 5.38. The van der Waals surface area contributed by atoms with Crippen molar-refractivity contribution in [3.63, 3.8) is 0 Å². The van der Waals surface area contributed by atoms with Gasteiger partial charge in [-0.25, -0.2) is 0 Å². The SMILES string of the molecule is CC(OC(C)(c1ccc(Oc2ccc(N)cc2)cc1)c1ccc(Oc2ccc(N)cc2)cc1)(c1ccc(Oc2ccc(N)cc2)cc1)c1ccc(Oc2ccc(N)cc2)cc1. The molecule has 8 rings (SSSR count). The summed E-state index contributed by atoms with van der Waals surface area (Å²) >= 11 is 0. The third-order valence-electron chi connectivity index (χ3n) is 10.5. The lowest BCUT2D eigenvalue weighted by Crippen LogP contribution is -2.39. The van der Waals surface area contributed by atoms with Crippen molar-refractivity contribution in [2.24, 2.45) is 0 Å². The predicted molar refractivity (Wildman–Crippen MR) is 243 cm³/mol. The van der Waals surface area contributed by atoms with Gasteiger partial charge in [0, 0.05) is 22.7 Å². The van der Waals surface area contributed by atoms with Crippen LogP contribution < -0.4 is 41.9 Å². The second-order valence-electron chi connectivity index (χ2n) is 15.0. The van der Waals surface area contributed by atoms with E-state index in [0.29, 0.717) is 68.7 Å². The first-order valence-corrected chi connectivity index (χ1v) is 19.8. The summed E-state index contributed by atoms with van der Waals surface area (Å²) in [6, 6.07) is 60.9. The molecular weight excluding hydrogens is 761 g/mol. The molecule has 0 spiro atoms. The van der Waals surface area contributed by atoms with Gasteiger partial charge in [-0.3, -0.25) is 0 Å². The Morgan fingerprint density at radius 1 is 0.246 bits per heavy atom. The highest BCUT2D eigenvalue weighted by molar-refractivity contribution is 5.50. The fourth-order valence-corrected chi connectivity index (χ4v) is 7.03. The van der Waals surface area contributed by atoms with Gasteiger partial charge < -0.3 is 46.6 Å². The van der Waals surface area contributed by atoms with Crippen LogP contribution in [0.4, 0.5) is 22.7 Å². The van der Waals surface area contributed by atoms with E-state index >= 15 is 0 Å². The van der Waals surface area contributed by atoms with Crippen LogP contribution in [0.25, 0.3) is 0 Å². The third kappa shape index (κ3) is 9.38. The summed E-state index contributed by atoms with van der Waals surface area (Å²) in [7, 11) is 0. The lowest BCUT2D eigenvalue weighted by molar-refractivity contribution is -0.107. The number of anilines is 4. The number of nitrogens with two attached hydrogens (primary N) is 4. The number of hydrogen-bond acceptors (Lipinski definition) is 9. The van der Waals surface area contributed by atoms with E-state index in [2.05, 4.69) is 13.8 Å². The van der Waals surface area contributed by atoms with Crippen molar-refractivity contribution in [2.75, 3.05) is 22.9 Å². The quantitative estimate of drug-likeness (QED) is 0.0787. The molecule has 0 aliphatic heterocycles. The Labute approximate surface area is 355 Å². The zero-order valence-corrected chi connectivity index (χ0v) is 33.8. The van der Waals surface area contributed by atoms with Crippen molar-refractivity contribution < 1.29 is 23.7 Å². The first-order chi connectivity index (χ1) is 29.5. The van der Waals surface area contributed by atoms with Gasteiger partial charge in [-0.1, -0.05) is 48.5 Å². The molecule has 0 unspecified atom stereocenters. The molecule has 9 nitrogen and oxygen atoms in total. The Bertz CT molecular complexity index is 2300. The Hall–Kier alpha value is -7.88. The summed E-state index contributed by atoms with van der Waals surface area (Å²) in [5.41, 5.74) is 27.8. The van der Waals surface area contributed by atoms with Crippen LogP contribution in [0, 0.1) is 0 Å². The van der Waals surface area contributed by atoms with Gasteiger partial charge in [-0.2, -0.15) is 0 Å². The zero-order chi connectivity index (χ0) is 42.4. The molecule has 8 aromatic carbocycles. The minimum Gasteiger partial charge on any atom is -0.457 e. The van der Waals surface area contributed by atoms with Gasteiger partial charge in [-0.05, 0) is 182 Å². The molecule has 0 radical (unpaired) electrons. The molecule has 0 heterocycles. The lowest BCUT2D eigenvalue weighted by Gasteiger charge is -2.42. The summed E-state index contributed by atoms with van der Waals surface area (Å²) in [4.78, 5) is 0. The van der Waals surface area contributed by atoms with Crippen LogP contribution in [-0.2, 0) is 15.9 Å². The molecule has 8 aromatic rings. The number of ether oxygens (including phenoxy) is 5. The Morgan fingerprint density at radius 2 is 0.393 bits per heavy atom. The van der Waals surface area contributed by atoms with Gasteiger partial charge in [0.2, 0.25) is 0 Å². The highest BCUT2D eigenvalue weighted by Crippen LogP contribution is 2.46. The number of nitrogen functional groups attached to an aromatic ring is 4. The molecule has 0 fully saturated rings. The van der Waals surface area contributed by atoms with Crippen molar-refractivity contribution in [1.29, 1.82) is 0 Å². The Kier molecular flexibility index (Phi) is 11.2. The summed E-state index contributed by atoms with van der Waals surface area (Å²) in [6.45, 7) is 4.15. The van der Waals surface area contributed by atoms with Crippen molar-refractivity contribution in [2.45, 2.75) is 25.0 Å². The van der Waals surface area contributed by atoms with E-state index in [9.17, 15) is 0 Å². The molecule has 0 atom stereocenters. The van der Waals surface area contributed by atoms with E-state index in [1.54, 1.807) is 0 Å². The standard InChI is InChI=1S/C52H46N4O5/c1-51(35-3-19-43(20-4-35)57-47-27-11-39(53)12-28-47,36-5-21-44(22-6-36)58-48-29-13-40(54)14-30-48)61-52(2,37-7-23-45(24-8-37)59-49-31-15-41(55)16-32-49)38-9-25-46(26-10-38)60-50-33-17-42(56)18-34-50/h3-34H,53-56H2,1-2H3. The van der Waals surface area contributed by atoms with E-state index in [1.807, 2.05) is 194 Å². The van der Waals surface area contributed by atoms with E-state index in [4.69, 9.17) is 46.6 Å². The van der Waals surface area contributed by atoms with Crippen molar-refractivity contribution in [1.82, 2.24) is 0 Å². The van der Waals surface area contributed by atoms with Gasteiger partial charge in [0.1, 0.15) is 57.2 Å². The van der Waals surface area contributed by atoms with Gasteiger partial charge in [0.25, 0.3) is 0 Å². The van der Waals surface area contributed by atoms with Gasteiger partial charge >= 0.3 is 0 Å². The topological polar surface area (TPSA) is 150 Å². The largest absolute Gasteiger partial charge is 0.457 e. The third-order valence-corrected chi connectivity index (χ3v) is 10.5. The molecule has 0 amide bonds. The van der Waals surface area contributed by atoms with Crippen LogP contribution in [0.15, 0.2) is 194 Å². The van der Waals surface area contributed by atoms with Crippen LogP contribution in [0.1, 0.15) is 36.1 Å². The molecule has 61 heavy (non-hydrogen) atoms. The average molecular weight is 807 g/mol. The molecule has 9 heteroatoms. The second-order valence-corrected chi connectivity index (χ2v) is 15.0. The highest BCUT2D eigenvalue weighted by atomic mass is 16.5. The van der Waals surface area contributed by atoms with Crippen molar-refractivity contribution in [3.05, 3.63) is 216 Å². The Morgan fingerprint density at radius 3 is 0.557 bits per heavy atom. The lowest BCUT2D eigenvalue weighted by atomic mass is 9.83. The number of hydrogen-bond donors (Lipinski definition) is 4. The maximum absolute atomic E-state index is 7.64.